The number of thioether (sulfide) groups is 1. The van der Waals surface area contributed by atoms with Crippen LogP contribution in [0.2, 0.25) is 0 Å². The number of anilines is 1. The Labute approximate surface area is 167 Å². The number of nitrogens with zero attached hydrogens (tertiary/aromatic N) is 5. The van der Waals surface area contributed by atoms with Gasteiger partial charge in [0.05, 0.1) is 17.8 Å². The van der Waals surface area contributed by atoms with Crippen LogP contribution >= 0.6 is 23.3 Å². The molecule has 148 valence electrons. The van der Waals surface area contributed by atoms with Crippen molar-refractivity contribution in [3.8, 4) is 0 Å². The van der Waals surface area contributed by atoms with Gasteiger partial charge in [-0.25, -0.2) is 4.98 Å². The smallest absolute Gasteiger partial charge is 0.240 e. The molecule has 0 aromatic carbocycles. The number of amides is 2. The third-order valence-electron chi connectivity index (χ3n) is 5.62. The van der Waals surface area contributed by atoms with Crippen LogP contribution in [0.3, 0.4) is 0 Å². The van der Waals surface area contributed by atoms with Crippen molar-refractivity contribution in [2.24, 2.45) is 5.92 Å². The summed E-state index contributed by atoms with van der Waals surface area (Å²) in [7, 11) is 0. The average Bonchev–Trinajstić information content (AvgIpc) is 3.42. The van der Waals surface area contributed by atoms with Crippen LogP contribution < -0.4 is 10.2 Å². The van der Waals surface area contributed by atoms with Crippen molar-refractivity contribution >= 4 is 40.2 Å². The number of hydrogen-bond acceptors (Lipinski definition) is 8. The Kier molecular flexibility index (Phi) is 5.56. The van der Waals surface area contributed by atoms with Gasteiger partial charge in [-0.1, -0.05) is 0 Å². The molecule has 3 aliphatic heterocycles. The Morgan fingerprint density at radius 1 is 1.11 bits per heavy atom. The van der Waals surface area contributed by atoms with Crippen LogP contribution in [0.5, 0.6) is 0 Å². The number of aryl methyl sites for hydroxylation is 1. The first-order valence-corrected chi connectivity index (χ1v) is 11.4. The fourth-order valence-electron chi connectivity index (χ4n) is 4.02. The van der Waals surface area contributed by atoms with E-state index in [9.17, 15) is 9.59 Å². The number of carbonyl (C=O) groups excluding carboxylic acids is 2. The van der Waals surface area contributed by atoms with Gasteiger partial charge in [0.15, 0.2) is 0 Å². The molecular weight excluding hydrogens is 384 g/mol. The Balaban J connectivity index is 1.32. The fourth-order valence-corrected chi connectivity index (χ4v) is 5.70. The van der Waals surface area contributed by atoms with Gasteiger partial charge in [-0.05, 0) is 20.3 Å². The van der Waals surface area contributed by atoms with Crippen LogP contribution in [0.1, 0.15) is 19.2 Å². The monoisotopic (exact) mass is 410 g/mol. The topological polar surface area (TPSA) is 81.7 Å². The minimum atomic E-state index is -0.224. The first kappa shape index (κ1) is 18.9. The minimum Gasteiger partial charge on any atom is -0.343 e. The van der Waals surface area contributed by atoms with Gasteiger partial charge in [-0.15, -0.1) is 11.8 Å². The zero-order valence-electron chi connectivity index (χ0n) is 15.8. The maximum atomic E-state index is 13.1. The predicted molar refractivity (Wildman–Crippen MR) is 107 cm³/mol. The summed E-state index contributed by atoms with van der Waals surface area (Å²) in [5, 5.41) is 4.30. The number of rotatable bonds is 3. The van der Waals surface area contributed by atoms with E-state index in [0.29, 0.717) is 19.5 Å². The second-order valence-electron chi connectivity index (χ2n) is 7.43. The van der Waals surface area contributed by atoms with E-state index in [1.807, 2.05) is 23.6 Å². The van der Waals surface area contributed by atoms with Crippen LogP contribution in [-0.4, -0.2) is 87.4 Å². The lowest BCUT2D eigenvalue weighted by atomic mass is 9.97. The lowest BCUT2D eigenvalue weighted by molar-refractivity contribution is -0.136. The van der Waals surface area contributed by atoms with E-state index in [0.717, 1.165) is 42.2 Å². The van der Waals surface area contributed by atoms with E-state index in [1.54, 1.807) is 11.8 Å². The van der Waals surface area contributed by atoms with Crippen LogP contribution in [0.4, 0.5) is 5.13 Å². The van der Waals surface area contributed by atoms with Crippen molar-refractivity contribution in [3.63, 3.8) is 0 Å². The molecule has 3 saturated heterocycles. The third kappa shape index (κ3) is 3.93. The highest BCUT2D eigenvalue weighted by molar-refractivity contribution is 7.99. The molecule has 0 aliphatic carbocycles. The van der Waals surface area contributed by atoms with Crippen molar-refractivity contribution in [3.05, 3.63) is 5.82 Å². The average molecular weight is 411 g/mol. The highest BCUT2D eigenvalue weighted by atomic mass is 32.2. The van der Waals surface area contributed by atoms with Crippen molar-refractivity contribution < 1.29 is 9.59 Å². The molecule has 1 N–H and O–H groups in total. The Morgan fingerprint density at radius 3 is 2.52 bits per heavy atom. The molecule has 3 fully saturated rings. The van der Waals surface area contributed by atoms with Gasteiger partial charge in [0.2, 0.25) is 16.9 Å². The van der Waals surface area contributed by atoms with E-state index in [4.69, 9.17) is 0 Å². The van der Waals surface area contributed by atoms with Crippen LogP contribution in [0.25, 0.3) is 0 Å². The molecule has 27 heavy (non-hydrogen) atoms. The molecule has 0 saturated carbocycles. The molecule has 10 heteroatoms. The summed E-state index contributed by atoms with van der Waals surface area (Å²) in [6.07, 6.45) is 0.607. The van der Waals surface area contributed by atoms with Crippen molar-refractivity contribution in [2.75, 3.05) is 49.3 Å². The maximum Gasteiger partial charge on any atom is 0.240 e. The van der Waals surface area contributed by atoms with Gasteiger partial charge >= 0.3 is 0 Å². The second-order valence-corrected chi connectivity index (χ2v) is 9.23. The number of hydrogen-bond donors (Lipinski definition) is 1. The number of piperazine rings is 1. The van der Waals surface area contributed by atoms with E-state index in [2.05, 4.69) is 19.6 Å². The minimum absolute atomic E-state index is 0.0329. The molecule has 3 aliphatic rings. The first-order valence-electron chi connectivity index (χ1n) is 9.49. The lowest BCUT2D eigenvalue weighted by Crippen LogP contribution is -2.51. The van der Waals surface area contributed by atoms with Gasteiger partial charge in [0, 0.05) is 56.1 Å². The second kappa shape index (κ2) is 7.92. The molecule has 2 amide bonds. The summed E-state index contributed by atoms with van der Waals surface area (Å²) < 4.78 is 4.24. The summed E-state index contributed by atoms with van der Waals surface area (Å²) in [6, 6.07) is -0.191. The van der Waals surface area contributed by atoms with Gasteiger partial charge in [-0.2, -0.15) is 4.37 Å². The van der Waals surface area contributed by atoms with E-state index < -0.39 is 0 Å². The van der Waals surface area contributed by atoms with Crippen molar-refractivity contribution in [2.45, 2.75) is 32.4 Å². The summed E-state index contributed by atoms with van der Waals surface area (Å²) >= 11 is 3.20. The molecule has 8 nitrogen and oxygen atoms in total. The molecule has 0 radical (unpaired) electrons. The van der Waals surface area contributed by atoms with Crippen LogP contribution in [-0.2, 0) is 9.59 Å². The van der Waals surface area contributed by atoms with Crippen molar-refractivity contribution in [1.29, 1.82) is 0 Å². The predicted octanol–water partition coefficient (Wildman–Crippen LogP) is 0.395. The number of nitrogens with one attached hydrogen (secondary N) is 1. The van der Waals surface area contributed by atoms with E-state index in [-0.39, 0.29) is 29.8 Å². The molecule has 0 bridgehead atoms. The Bertz CT molecular complexity index is 699. The van der Waals surface area contributed by atoms with E-state index >= 15 is 0 Å². The Hall–Kier alpha value is -1.39. The highest BCUT2D eigenvalue weighted by Gasteiger charge is 2.42. The van der Waals surface area contributed by atoms with Crippen molar-refractivity contribution in [1.82, 2.24) is 24.5 Å². The molecule has 4 rings (SSSR count). The van der Waals surface area contributed by atoms with Gasteiger partial charge in [0.25, 0.3) is 0 Å². The summed E-state index contributed by atoms with van der Waals surface area (Å²) in [6.45, 7) is 7.69. The molecular formula is C17H26N6O2S2. The SMILES string of the molecule is Cc1nsc(N2CCN(C(=O)[C@H]3C[C@@H](C(=O)N4CCSC4)N[C@H]3C)CC2)n1. The van der Waals surface area contributed by atoms with Gasteiger partial charge in [-0.3, -0.25) is 9.59 Å². The third-order valence-corrected chi connectivity index (χ3v) is 7.45. The first-order chi connectivity index (χ1) is 13.0. The molecule has 3 atom stereocenters. The van der Waals surface area contributed by atoms with E-state index in [1.165, 1.54) is 11.5 Å². The lowest BCUT2D eigenvalue weighted by Gasteiger charge is -2.36. The zero-order chi connectivity index (χ0) is 19.0. The molecule has 0 unspecified atom stereocenters. The summed E-state index contributed by atoms with van der Waals surface area (Å²) in [4.78, 5) is 36.2. The molecule has 1 aromatic rings. The largest absolute Gasteiger partial charge is 0.343 e. The molecule has 0 spiro atoms. The van der Waals surface area contributed by atoms with Gasteiger partial charge in [0.1, 0.15) is 5.82 Å². The van der Waals surface area contributed by atoms with Crippen LogP contribution in [0.15, 0.2) is 0 Å². The number of aromatic nitrogens is 2. The fraction of sp³-hybridized carbons (Fsp3) is 0.765. The summed E-state index contributed by atoms with van der Waals surface area (Å²) in [5.41, 5.74) is 0. The quantitative estimate of drug-likeness (QED) is 0.772. The number of carbonyl (C=O) groups is 2. The Morgan fingerprint density at radius 2 is 1.89 bits per heavy atom. The molecule has 4 heterocycles. The maximum absolute atomic E-state index is 13.1. The van der Waals surface area contributed by atoms with Gasteiger partial charge < -0.3 is 20.0 Å². The highest BCUT2D eigenvalue weighted by Crippen LogP contribution is 2.27. The standard InChI is InChI=1S/C17H26N6O2S2/c1-11-13(9-14(18-11)16(25)23-7-8-26-10-23)15(24)21-3-5-22(6-4-21)17-19-12(2)20-27-17/h11,13-14,18H,3-10H2,1-2H3/t11-,13-,14-/m0/s1. The molecule has 1 aromatic heterocycles. The normalized spacial score (nSPS) is 28.8. The van der Waals surface area contributed by atoms with Crippen LogP contribution in [0, 0.1) is 12.8 Å². The summed E-state index contributed by atoms with van der Waals surface area (Å²) in [5.74, 6) is 2.79. The zero-order valence-corrected chi connectivity index (χ0v) is 17.4.